The predicted molar refractivity (Wildman–Crippen MR) is 75.3 cm³/mol. The van der Waals surface area contributed by atoms with Crippen LogP contribution < -0.4 is 0 Å². The molecule has 0 atom stereocenters. The Hall–Kier alpha value is -1.88. The minimum atomic E-state index is -0.0249. The Kier molecular flexibility index (Phi) is 3.44. The first-order valence-electron chi connectivity index (χ1n) is 6.98. The van der Waals surface area contributed by atoms with Gasteiger partial charge in [0.1, 0.15) is 6.54 Å². The molecule has 0 aromatic heterocycles. The van der Waals surface area contributed by atoms with Crippen LogP contribution >= 0.6 is 0 Å². The van der Waals surface area contributed by atoms with Crippen LogP contribution in [-0.2, 0) is 11.3 Å². The molecule has 5 heteroatoms. The Labute approximate surface area is 118 Å². The minimum absolute atomic E-state index is 0.0249. The Bertz CT molecular complexity index is 536. The van der Waals surface area contributed by atoms with Crippen molar-refractivity contribution in [3.63, 3.8) is 0 Å². The molecule has 2 amide bonds. The number of carbonyl (C=O) groups excluding carboxylic acids is 2. The molecule has 2 heterocycles. The lowest BCUT2D eigenvalue weighted by Crippen LogP contribution is -2.50. The topological polar surface area (TPSA) is 43.9 Å². The molecule has 5 nitrogen and oxygen atoms in total. The highest BCUT2D eigenvalue weighted by atomic mass is 16.2. The minimum Gasteiger partial charge on any atom is -0.339 e. The van der Waals surface area contributed by atoms with Gasteiger partial charge in [0.25, 0.3) is 5.91 Å². The number of hydrogen-bond acceptors (Lipinski definition) is 3. The Morgan fingerprint density at radius 1 is 1.15 bits per heavy atom. The molecule has 1 aromatic rings. The van der Waals surface area contributed by atoms with Gasteiger partial charge in [0.15, 0.2) is 0 Å². The van der Waals surface area contributed by atoms with Crippen LogP contribution in [0.2, 0.25) is 0 Å². The van der Waals surface area contributed by atoms with E-state index in [0.717, 1.165) is 37.3 Å². The highest BCUT2D eigenvalue weighted by molar-refractivity contribution is 6.00. The standard InChI is InChI=1S/C15H19N3O2/c1-16-6-8-17(9-7-16)14(19)11-18-10-12-4-2-3-5-13(12)15(18)20/h2-5H,6-11H2,1H3. The first kappa shape index (κ1) is 13.1. The Morgan fingerprint density at radius 3 is 2.55 bits per heavy atom. The number of likely N-dealkylation sites (N-methyl/N-ethyl adjacent to an activating group) is 1. The van der Waals surface area contributed by atoms with Crippen molar-refractivity contribution >= 4 is 11.8 Å². The Balaban J connectivity index is 1.62. The number of amides is 2. The van der Waals surface area contributed by atoms with Gasteiger partial charge < -0.3 is 14.7 Å². The van der Waals surface area contributed by atoms with Gasteiger partial charge in [-0.05, 0) is 18.7 Å². The van der Waals surface area contributed by atoms with Crippen LogP contribution in [0.3, 0.4) is 0 Å². The lowest BCUT2D eigenvalue weighted by atomic mass is 10.1. The summed E-state index contributed by atoms with van der Waals surface area (Å²) in [5, 5.41) is 0. The number of carbonyl (C=O) groups is 2. The van der Waals surface area contributed by atoms with Crippen LogP contribution in [0.1, 0.15) is 15.9 Å². The second kappa shape index (κ2) is 5.25. The van der Waals surface area contributed by atoms with Gasteiger partial charge in [0, 0.05) is 38.3 Å². The molecule has 2 aliphatic rings. The van der Waals surface area contributed by atoms with Gasteiger partial charge in [-0.25, -0.2) is 0 Å². The molecule has 0 aliphatic carbocycles. The highest BCUT2D eigenvalue weighted by Gasteiger charge is 2.30. The number of fused-ring (bicyclic) bond motifs is 1. The fourth-order valence-corrected chi connectivity index (χ4v) is 2.76. The molecule has 0 N–H and O–H groups in total. The third-order valence-corrected chi connectivity index (χ3v) is 4.08. The van der Waals surface area contributed by atoms with Crippen molar-refractivity contribution < 1.29 is 9.59 Å². The van der Waals surface area contributed by atoms with Crippen molar-refractivity contribution in [2.24, 2.45) is 0 Å². The zero-order valence-corrected chi connectivity index (χ0v) is 11.7. The first-order valence-corrected chi connectivity index (χ1v) is 6.98. The first-order chi connectivity index (χ1) is 9.65. The van der Waals surface area contributed by atoms with Crippen LogP contribution in [0.4, 0.5) is 0 Å². The number of rotatable bonds is 2. The summed E-state index contributed by atoms with van der Waals surface area (Å²) in [6.45, 7) is 4.06. The number of benzene rings is 1. The van der Waals surface area contributed by atoms with Crippen molar-refractivity contribution in [1.29, 1.82) is 0 Å². The summed E-state index contributed by atoms with van der Waals surface area (Å²) in [6, 6.07) is 7.58. The maximum Gasteiger partial charge on any atom is 0.254 e. The summed E-state index contributed by atoms with van der Waals surface area (Å²) in [4.78, 5) is 30.2. The van der Waals surface area contributed by atoms with E-state index in [-0.39, 0.29) is 18.4 Å². The van der Waals surface area contributed by atoms with Gasteiger partial charge in [0.05, 0.1) is 0 Å². The Morgan fingerprint density at radius 2 is 1.85 bits per heavy atom. The van der Waals surface area contributed by atoms with E-state index in [9.17, 15) is 9.59 Å². The average Bonchev–Trinajstić information content (AvgIpc) is 2.77. The number of nitrogens with zero attached hydrogens (tertiary/aromatic N) is 3. The van der Waals surface area contributed by atoms with E-state index >= 15 is 0 Å². The SMILES string of the molecule is CN1CCN(C(=O)CN2Cc3ccccc3C2=O)CC1. The fraction of sp³-hybridized carbons (Fsp3) is 0.467. The summed E-state index contributed by atoms with van der Waals surface area (Å²) in [5.41, 5.74) is 1.75. The van der Waals surface area contributed by atoms with E-state index in [0.29, 0.717) is 6.54 Å². The second-order valence-corrected chi connectivity index (χ2v) is 5.50. The molecule has 0 saturated carbocycles. The molecule has 0 spiro atoms. The second-order valence-electron chi connectivity index (χ2n) is 5.50. The smallest absolute Gasteiger partial charge is 0.254 e. The summed E-state index contributed by atoms with van der Waals surface area (Å²) < 4.78 is 0. The maximum absolute atomic E-state index is 12.3. The average molecular weight is 273 g/mol. The van der Waals surface area contributed by atoms with Crippen molar-refractivity contribution in [1.82, 2.24) is 14.7 Å². The molecule has 0 radical (unpaired) electrons. The van der Waals surface area contributed by atoms with E-state index in [2.05, 4.69) is 11.9 Å². The monoisotopic (exact) mass is 273 g/mol. The number of hydrogen-bond donors (Lipinski definition) is 0. The van der Waals surface area contributed by atoms with E-state index in [1.807, 2.05) is 29.2 Å². The molecular weight excluding hydrogens is 254 g/mol. The quantitative estimate of drug-likeness (QED) is 0.784. The summed E-state index contributed by atoms with van der Waals surface area (Å²) in [7, 11) is 2.06. The normalized spacial score (nSPS) is 19.4. The molecule has 106 valence electrons. The van der Waals surface area contributed by atoms with Gasteiger partial charge in [-0.3, -0.25) is 9.59 Å². The predicted octanol–water partition coefficient (Wildman–Crippen LogP) is 0.416. The van der Waals surface area contributed by atoms with E-state index in [4.69, 9.17) is 0 Å². The van der Waals surface area contributed by atoms with Crippen molar-refractivity contribution in [2.45, 2.75) is 6.54 Å². The molecule has 1 aromatic carbocycles. The molecular formula is C15H19N3O2. The fourth-order valence-electron chi connectivity index (χ4n) is 2.76. The highest BCUT2D eigenvalue weighted by Crippen LogP contribution is 2.22. The number of piperazine rings is 1. The van der Waals surface area contributed by atoms with Gasteiger partial charge >= 0.3 is 0 Å². The third-order valence-electron chi connectivity index (χ3n) is 4.08. The maximum atomic E-state index is 12.3. The summed E-state index contributed by atoms with van der Waals surface area (Å²) >= 11 is 0. The lowest BCUT2D eigenvalue weighted by molar-refractivity contribution is -0.133. The van der Waals surface area contributed by atoms with Crippen molar-refractivity contribution in [3.8, 4) is 0 Å². The van der Waals surface area contributed by atoms with E-state index < -0.39 is 0 Å². The molecule has 0 unspecified atom stereocenters. The largest absolute Gasteiger partial charge is 0.339 e. The molecule has 1 fully saturated rings. The van der Waals surface area contributed by atoms with Gasteiger partial charge in [-0.2, -0.15) is 0 Å². The van der Waals surface area contributed by atoms with Gasteiger partial charge in [-0.15, -0.1) is 0 Å². The van der Waals surface area contributed by atoms with E-state index in [1.165, 1.54) is 0 Å². The van der Waals surface area contributed by atoms with Crippen LogP contribution in [-0.4, -0.2) is 66.3 Å². The van der Waals surface area contributed by atoms with Crippen LogP contribution in [0.5, 0.6) is 0 Å². The van der Waals surface area contributed by atoms with Crippen molar-refractivity contribution in [3.05, 3.63) is 35.4 Å². The van der Waals surface area contributed by atoms with Gasteiger partial charge in [-0.1, -0.05) is 18.2 Å². The van der Waals surface area contributed by atoms with Gasteiger partial charge in [0.2, 0.25) is 5.91 Å². The zero-order valence-electron chi connectivity index (χ0n) is 11.7. The third kappa shape index (κ3) is 2.41. The van der Waals surface area contributed by atoms with Crippen LogP contribution in [0.25, 0.3) is 0 Å². The summed E-state index contributed by atoms with van der Waals surface area (Å²) in [6.07, 6.45) is 0. The molecule has 0 bridgehead atoms. The van der Waals surface area contributed by atoms with E-state index in [1.54, 1.807) is 4.90 Å². The molecule has 20 heavy (non-hydrogen) atoms. The lowest BCUT2D eigenvalue weighted by Gasteiger charge is -2.33. The zero-order chi connectivity index (χ0) is 14.1. The molecule has 2 aliphatic heterocycles. The summed E-state index contributed by atoms with van der Waals surface area (Å²) in [5.74, 6) is 0.0299. The molecule has 3 rings (SSSR count). The van der Waals surface area contributed by atoms with Crippen molar-refractivity contribution in [2.75, 3.05) is 39.8 Å². The van der Waals surface area contributed by atoms with Crippen LogP contribution in [0.15, 0.2) is 24.3 Å². The molecule has 1 saturated heterocycles. The van der Waals surface area contributed by atoms with Crippen LogP contribution in [0, 0.1) is 0 Å².